The van der Waals surface area contributed by atoms with Crippen LogP contribution in [0.5, 0.6) is 0 Å². The molecule has 0 aliphatic rings. The van der Waals surface area contributed by atoms with Crippen LogP contribution in [0, 0.1) is 0 Å². The molecule has 0 atom stereocenters. The molecule has 1 nitrogen and oxygen atoms in total. The van der Waals surface area contributed by atoms with Crippen molar-refractivity contribution < 1.29 is 4.74 Å². The van der Waals surface area contributed by atoms with E-state index in [-0.39, 0.29) is 0 Å². The third kappa shape index (κ3) is 4.75. The molecule has 0 aromatic rings. The third-order valence-electron chi connectivity index (χ3n) is 2.89. The molecule has 0 heterocycles. The van der Waals surface area contributed by atoms with Crippen LogP contribution in [0.3, 0.4) is 0 Å². The molecule has 76 valence electrons. The fraction of sp³-hybridized carbons (Fsp3) is 0.636. The number of rotatable bonds is 6. The van der Waals surface area contributed by atoms with E-state index in [1.54, 1.807) is 13.4 Å². The van der Waals surface area contributed by atoms with Crippen LogP contribution in [-0.4, -0.2) is 25.5 Å². The molecule has 0 N–H and O–H groups in total. The van der Waals surface area contributed by atoms with Crippen molar-refractivity contribution >= 4 is 18.4 Å². The van der Waals surface area contributed by atoms with Crippen molar-refractivity contribution in [1.82, 2.24) is 0 Å². The molecule has 13 heavy (non-hydrogen) atoms. The Bertz CT molecular complexity index is 161. The molecule has 0 unspecified atom stereocenters. The van der Waals surface area contributed by atoms with Crippen LogP contribution >= 0.6 is 0 Å². The maximum atomic E-state index is 4.85. The van der Waals surface area contributed by atoms with E-state index in [2.05, 4.69) is 30.9 Å². The molecule has 0 aliphatic heterocycles. The number of methoxy groups -OCH3 is 1. The van der Waals surface area contributed by atoms with Crippen molar-refractivity contribution in [3.8, 4) is 0 Å². The summed E-state index contributed by atoms with van der Waals surface area (Å²) in [5.74, 6) is 0. The number of ether oxygens (including phenoxy) is 1. The predicted molar refractivity (Wildman–Crippen MR) is 62.5 cm³/mol. The van der Waals surface area contributed by atoms with Gasteiger partial charge in [-0.25, -0.2) is 0 Å². The normalized spacial score (nSPS) is 12.9. The first-order valence-electron chi connectivity index (χ1n) is 5.11. The van der Waals surface area contributed by atoms with Crippen molar-refractivity contribution in [2.75, 3.05) is 7.11 Å². The maximum absolute atomic E-state index is 4.85. The second kappa shape index (κ2) is 7.48. The van der Waals surface area contributed by atoms with Crippen molar-refractivity contribution in [3.05, 3.63) is 22.5 Å². The van der Waals surface area contributed by atoms with Crippen molar-refractivity contribution in [1.29, 1.82) is 0 Å². The minimum atomic E-state index is -1.79. The van der Waals surface area contributed by atoms with Crippen LogP contribution in [0.4, 0.5) is 0 Å². The van der Waals surface area contributed by atoms with Crippen LogP contribution in [-0.2, 0) is 4.74 Å². The van der Waals surface area contributed by atoms with Crippen molar-refractivity contribution in [2.24, 2.45) is 0 Å². The zero-order valence-electron chi connectivity index (χ0n) is 9.34. The van der Waals surface area contributed by atoms with Gasteiger partial charge >= 0.3 is 86.8 Å². The van der Waals surface area contributed by atoms with Gasteiger partial charge in [0.25, 0.3) is 0 Å². The molecule has 0 amide bonds. The van der Waals surface area contributed by atoms with Crippen molar-refractivity contribution in [3.63, 3.8) is 0 Å². The Morgan fingerprint density at radius 3 is 1.92 bits per heavy atom. The first-order chi connectivity index (χ1) is 6.24. The van der Waals surface area contributed by atoms with Gasteiger partial charge in [-0.2, -0.15) is 0 Å². The summed E-state index contributed by atoms with van der Waals surface area (Å²) < 4.78 is 11.6. The molecule has 0 aromatic heterocycles. The Kier molecular flexibility index (Phi) is 7.52. The summed E-state index contributed by atoms with van der Waals surface area (Å²) in [6, 6.07) is 0. The van der Waals surface area contributed by atoms with Gasteiger partial charge < -0.3 is 0 Å². The van der Waals surface area contributed by atoms with Gasteiger partial charge in [0.2, 0.25) is 0 Å². The van der Waals surface area contributed by atoms with Gasteiger partial charge in [0.05, 0.1) is 0 Å². The molecule has 0 fully saturated rings. The molecular weight excluding hydrogens is 267 g/mol. The molecule has 0 bridgehead atoms. The molecule has 0 radical (unpaired) electrons. The molecule has 0 aliphatic carbocycles. The monoisotopic (exact) mass is 290 g/mol. The quantitative estimate of drug-likeness (QED) is 0.411. The van der Waals surface area contributed by atoms with E-state index in [1.165, 1.54) is 13.3 Å². The first-order valence-corrected chi connectivity index (χ1v) is 12.8. The summed E-state index contributed by atoms with van der Waals surface area (Å²) in [6.07, 6.45) is 5.90. The summed E-state index contributed by atoms with van der Waals surface area (Å²) >= 11 is -1.79. The fourth-order valence-electron chi connectivity index (χ4n) is 1.49. The van der Waals surface area contributed by atoms with Gasteiger partial charge in [-0.05, 0) is 0 Å². The van der Waals surface area contributed by atoms with Crippen LogP contribution in [0.15, 0.2) is 22.5 Å². The van der Waals surface area contributed by atoms with Crippen molar-refractivity contribution in [2.45, 2.75) is 34.1 Å². The zero-order chi connectivity index (χ0) is 10.2. The second-order valence-electron chi connectivity index (χ2n) is 3.35. The molecule has 0 spiro atoms. The number of allylic oxidation sites excluding steroid dienone is 2. The average molecular weight is 289 g/mol. The first kappa shape index (κ1) is 13.1. The van der Waals surface area contributed by atoms with E-state index in [0.717, 1.165) is 0 Å². The summed E-state index contributed by atoms with van der Waals surface area (Å²) in [7, 11) is 1.68. The molecule has 0 rings (SSSR count). The molecule has 0 saturated carbocycles. The zero-order valence-corrected chi connectivity index (χ0v) is 12.2. The van der Waals surface area contributed by atoms with Gasteiger partial charge in [-0.1, -0.05) is 0 Å². The third-order valence-corrected chi connectivity index (χ3v) is 17.5. The van der Waals surface area contributed by atoms with Gasteiger partial charge in [-0.3, -0.25) is 0 Å². The Morgan fingerprint density at radius 1 is 1.00 bits per heavy atom. The minimum absolute atomic E-state index is 1.42. The number of hydrogen-bond donors (Lipinski definition) is 0. The van der Waals surface area contributed by atoms with E-state index < -0.39 is 18.4 Å². The van der Waals surface area contributed by atoms with E-state index in [0.29, 0.717) is 0 Å². The topological polar surface area (TPSA) is 9.23 Å². The number of hydrogen-bond acceptors (Lipinski definition) is 1. The molecule has 0 aromatic carbocycles. The van der Waals surface area contributed by atoms with Gasteiger partial charge in [-0.15, -0.1) is 0 Å². The van der Waals surface area contributed by atoms with Crippen LogP contribution < -0.4 is 0 Å². The average Bonchev–Trinajstić information content (AvgIpc) is 2.20. The Morgan fingerprint density at radius 2 is 1.54 bits per heavy atom. The van der Waals surface area contributed by atoms with E-state index in [9.17, 15) is 0 Å². The van der Waals surface area contributed by atoms with Crippen LogP contribution in [0.2, 0.25) is 13.3 Å². The van der Waals surface area contributed by atoms with Crippen LogP contribution in [0.25, 0.3) is 0 Å². The molecular formula is C11H22OSn. The summed E-state index contributed by atoms with van der Waals surface area (Å²) in [6.45, 7) is 7.02. The van der Waals surface area contributed by atoms with E-state index in [1.807, 2.05) is 6.08 Å². The van der Waals surface area contributed by atoms with E-state index >= 15 is 0 Å². The van der Waals surface area contributed by atoms with E-state index in [4.69, 9.17) is 4.74 Å². The summed E-state index contributed by atoms with van der Waals surface area (Å²) in [5.41, 5.74) is 0. The Balaban J connectivity index is 4.23. The van der Waals surface area contributed by atoms with Gasteiger partial charge in [0, 0.05) is 0 Å². The second-order valence-corrected chi connectivity index (χ2v) is 18.1. The molecule has 0 saturated heterocycles. The Hall–Kier alpha value is 0.0787. The van der Waals surface area contributed by atoms with Gasteiger partial charge in [0.1, 0.15) is 0 Å². The SMILES string of the molecule is C[CH2][Sn](/[CH]=C\C=C/OC)([CH2]C)[CH2]C. The Labute approximate surface area is 86.7 Å². The fourth-order valence-corrected chi connectivity index (χ4v) is 9.27. The van der Waals surface area contributed by atoms with Gasteiger partial charge in [0.15, 0.2) is 0 Å². The predicted octanol–water partition coefficient (Wildman–Crippen LogP) is 3.75. The molecule has 2 heteroatoms. The van der Waals surface area contributed by atoms with Crippen LogP contribution in [0.1, 0.15) is 20.8 Å². The summed E-state index contributed by atoms with van der Waals surface area (Å²) in [5, 5.41) is 0. The standard InChI is InChI=1S/C5H7O.3C2H5.Sn/c1-3-4-5-6-2;3*1-2;/h1,3-5H,2H3;3*1H2,2H3;/b3-1?,5-4-;;;;. The summed E-state index contributed by atoms with van der Waals surface area (Å²) in [4.78, 5) is 0.